The molecule has 0 atom stereocenters. The van der Waals surface area contributed by atoms with Crippen LogP contribution in [0.3, 0.4) is 0 Å². The van der Waals surface area contributed by atoms with Gasteiger partial charge in [0, 0.05) is 46.3 Å². The number of benzene rings is 4. The fourth-order valence-corrected chi connectivity index (χ4v) is 6.35. The number of hydrogen-bond donors (Lipinski definition) is 5. The molecule has 12 heteroatoms. The third-order valence-corrected chi connectivity index (χ3v) is 9.84. The van der Waals surface area contributed by atoms with Crippen molar-refractivity contribution >= 4 is 45.2 Å². The number of carboxylic acids is 2. The normalized spacial score (nSPS) is 12.4. The number of aromatic amines is 1. The van der Waals surface area contributed by atoms with Crippen molar-refractivity contribution in [1.29, 1.82) is 0 Å². The SMILES string of the molecule is CCCCCCCCCNc1ccc(Oc2ccnc3cc(OC)c(OC)cc23)cc1.Nc1[nH]c2ccccc2c1-c1ccc(F)cc1.O=C(O)C1(C(=O)O)CC1. The Hall–Kier alpha value is -6.30. The summed E-state index contributed by atoms with van der Waals surface area (Å²) in [5.41, 5.74) is 9.31. The average Bonchev–Trinajstić information content (AvgIpc) is 3.98. The Morgan fingerprint density at radius 1 is 0.807 bits per heavy atom. The number of hydrogen-bond acceptors (Lipinski definition) is 8. The largest absolute Gasteiger partial charge is 0.493 e. The van der Waals surface area contributed by atoms with Gasteiger partial charge in [0.15, 0.2) is 16.9 Å². The van der Waals surface area contributed by atoms with Crippen molar-refractivity contribution in [3.63, 3.8) is 0 Å². The number of H-pyrrole nitrogens is 1. The van der Waals surface area contributed by atoms with Crippen LogP contribution in [0, 0.1) is 11.2 Å². The molecule has 0 saturated heterocycles. The van der Waals surface area contributed by atoms with Crippen LogP contribution in [-0.2, 0) is 9.59 Å². The summed E-state index contributed by atoms with van der Waals surface area (Å²) < 4.78 is 29.8. The fraction of sp³-hybridized carbons (Fsp3) is 0.311. The minimum Gasteiger partial charge on any atom is -0.493 e. The van der Waals surface area contributed by atoms with E-state index in [1.54, 1.807) is 32.5 Å². The van der Waals surface area contributed by atoms with E-state index in [1.165, 1.54) is 57.1 Å². The van der Waals surface area contributed by atoms with Gasteiger partial charge in [-0.3, -0.25) is 14.6 Å². The number of nitrogens with zero attached hydrogens (tertiary/aromatic N) is 1. The average molecular weight is 779 g/mol. The van der Waals surface area contributed by atoms with Crippen molar-refractivity contribution in [3.8, 4) is 34.1 Å². The summed E-state index contributed by atoms with van der Waals surface area (Å²) in [6.07, 6.45) is 11.5. The number of carboxylic acid groups (broad SMARTS) is 2. The quantitative estimate of drug-likeness (QED) is 0.0471. The first kappa shape index (κ1) is 41.9. The van der Waals surface area contributed by atoms with E-state index in [0.717, 1.165) is 56.7 Å². The molecule has 57 heavy (non-hydrogen) atoms. The smallest absolute Gasteiger partial charge is 0.321 e. The van der Waals surface area contributed by atoms with Crippen molar-refractivity contribution in [2.45, 2.75) is 64.7 Å². The van der Waals surface area contributed by atoms with E-state index < -0.39 is 17.4 Å². The molecule has 4 aromatic carbocycles. The van der Waals surface area contributed by atoms with Crippen molar-refractivity contribution in [2.75, 3.05) is 31.8 Å². The molecule has 1 aliphatic carbocycles. The van der Waals surface area contributed by atoms with E-state index in [9.17, 15) is 14.0 Å². The maximum atomic E-state index is 12.9. The van der Waals surface area contributed by atoms with E-state index >= 15 is 0 Å². The lowest BCUT2D eigenvalue weighted by Crippen LogP contribution is -2.24. The molecule has 0 amide bonds. The van der Waals surface area contributed by atoms with Gasteiger partial charge in [-0.1, -0.05) is 75.8 Å². The number of nitrogens with two attached hydrogens (primary N) is 1. The second kappa shape index (κ2) is 20.0. The Morgan fingerprint density at radius 3 is 2.05 bits per heavy atom. The highest BCUT2D eigenvalue weighted by Gasteiger charge is 2.57. The first-order valence-electron chi connectivity index (χ1n) is 19.2. The zero-order valence-corrected chi connectivity index (χ0v) is 32.6. The lowest BCUT2D eigenvalue weighted by molar-refractivity contribution is -0.156. The fourth-order valence-electron chi connectivity index (χ4n) is 6.35. The number of fused-ring (bicyclic) bond motifs is 2. The highest BCUT2D eigenvalue weighted by Crippen LogP contribution is 2.46. The predicted octanol–water partition coefficient (Wildman–Crippen LogP) is 10.7. The molecule has 7 rings (SSSR count). The monoisotopic (exact) mass is 778 g/mol. The number of unbranched alkanes of at least 4 members (excludes halogenated alkanes) is 6. The lowest BCUT2D eigenvalue weighted by atomic mass is 10.0. The number of anilines is 2. The zero-order valence-electron chi connectivity index (χ0n) is 32.6. The summed E-state index contributed by atoms with van der Waals surface area (Å²) in [5, 5.41) is 22.0. The van der Waals surface area contributed by atoms with Crippen LogP contribution in [0.1, 0.15) is 64.7 Å². The van der Waals surface area contributed by atoms with E-state index in [2.05, 4.69) is 34.3 Å². The van der Waals surface area contributed by atoms with Crippen LogP contribution < -0.4 is 25.3 Å². The topological polar surface area (TPSA) is 169 Å². The number of pyridine rings is 1. The highest BCUT2D eigenvalue weighted by atomic mass is 19.1. The van der Waals surface area contributed by atoms with Gasteiger partial charge in [0.25, 0.3) is 0 Å². The Bertz CT molecular complexity index is 2220. The first-order valence-corrected chi connectivity index (χ1v) is 19.2. The maximum absolute atomic E-state index is 12.9. The second-order valence-corrected chi connectivity index (χ2v) is 13.9. The van der Waals surface area contributed by atoms with Crippen LogP contribution in [0.4, 0.5) is 15.9 Å². The molecule has 6 aromatic rings. The Balaban J connectivity index is 0.000000196. The molecule has 0 radical (unpaired) electrons. The van der Waals surface area contributed by atoms with Gasteiger partial charge in [0.1, 0.15) is 23.1 Å². The molecule has 1 aliphatic rings. The Labute approximate surface area is 332 Å². The third-order valence-electron chi connectivity index (χ3n) is 9.84. The summed E-state index contributed by atoms with van der Waals surface area (Å²) in [7, 11) is 3.24. The summed E-state index contributed by atoms with van der Waals surface area (Å²) in [4.78, 5) is 27.8. The minimum absolute atomic E-state index is 0.243. The molecule has 1 saturated carbocycles. The van der Waals surface area contributed by atoms with Crippen LogP contribution in [0.25, 0.3) is 32.9 Å². The molecule has 1 fully saturated rings. The number of ether oxygens (including phenoxy) is 3. The molecule has 2 aromatic heterocycles. The third kappa shape index (κ3) is 10.9. The second-order valence-electron chi connectivity index (χ2n) is 13.9. The van der Waals surface area contributed by atoms with Gasteiger partial charge in [-0.05, 0) is 79.4 Å². The van der Waals surface area contributed by atoms with Gasteiger partial charge < -0.3 is 40.5 Å². The highest BCUT2D eigenvalue weighted by molar-refractivity contribution is 6.02. The number of para-hydroxylation sites is 1. The van der Waals surface area contributed by atoms with Crippen LogP contribution in [0.15, 0.2) is 97.2 Å². The van der Waals surface area contributed by atoms with Crippen LogP contribution in [0.2, 0.25) is 0 Å². The van der Waals surface area contributed by atoms with Crippen LogP contribution >= 0.6 is 0 Å². The predicted molar refractivity (Wildman–Crippen MR) is 223 cm³/mol. The zero-order chi connectivity index (χ0) is 40.8. The van der Waals surface area contributed by atoms with Gasteiger partial charge in [0.05, 0.1) is 19.7 Å². The first-order chi connectivity index (χ1) is 27.6. The van der Waals surface area contributed by atoms with E-state index in [0.29, 0.717) is 17.3 Å². The van der Waals surface area contributed by atoms with E-state index in [4.69, 9.17) is 30.2 Å². The van der Waals surface area contributed by atoms with Gasteiger partial charge >= 0.3 is 11.9 Å². The molecule has 2 heterocycles. The van der Waals surface area contributed by atoms with Gasteiger partial charge in [-0.15, -0.1) is 0 Å². The molecule has 0 spiro atoms. The summed E-state index contributed by atoms with van der Waals surface area (Å²) >= 11 is 0. The summed E-state index contributed by atoms with van der Waals surface area (Å²) in [6.45, 7) is 3.26. The van der Waals surface area contributed by atoms with Gasteiger partial charge in [-0.2, -0.15) is 0 Å². The van der Waals surface area contributed by atoms with E-state index in [-0.39, 0.29) is 18.7 Å². The van der Waals surface area contributed by atoms with Gasteiger partial charge in [0.2, 0.25) is 0 Å². The van der Waals surface area contributed by atoms with Crippen LogP contribution in [-0.4, -0.2) is 52.9 Å². The van der Waals surface area contributed by atoms with Crippen molar-refractivity contribution in [3.05, 3.63) is 103 Å². The minimum atomic E-state index is -1.42. The van der Waals surface area contributed by atoms with Crippen LogP contribution in [0.5, 0.6) is 23.0 Å². The molecule has 0 unspecified atom stereocenters. The number of halogens is 1. The molecule has 0 aliphatic heterocycles. The maximum Gasteiger partial charge on any atom is 0.321 e. The Kier molecular flexibility index (Phi) is 14.7. The number of aromatic nitrogens is 2. The molecular formula is C45H51FN4O7. The number of nitrogen functional groups attached to an aromatic ring is 1. The number of nitrogens with one attached hydrogen (secondary N) is 2. The molecule has 6 N–H and O–H groups in total. The molecule has 11 nitrogen and oxygen atoms in total. The summed E-state index contributed by atoms with van der Waals surface area (Å²) in [5.74, 6) is 0.752. The number of methoxy groups -OCH3 is 2. The molecule has 300 valence electrons. The number of carbonyl (C=O) groups is 2. The Morgan fingerprint density at radius 2 is 1.44 bits per heavy atom. The number of aliphatic carboxylic acids is 2. The van der Waals surface area contributed by atoms with Crippen molar-refractivity contribution in [1.82, 2.24) is 9.97 Å². The summed E-state index contributed by atoms with van der Waals surface area (Å²) in [6, 6.07) is 27.9. The number of rotatable bonds is 16. The van der Waals surface area contributed by atoms with Crippen molar-refractivity contribution < 1.29 is 38.4 Å². The van der Waals surface area contributed by atoms with E-state index in [1.807, 2.05) is 54.6 Å². The lowest BCUT2D eigenvalue weighted by Gasteiger charge is -2.13. The standard InChI is InChI=1S/C26H34N2O3.C14H11FN2.C5H6O4/c1-4-5-6-7-8-9-10-16-27-20-11-13-21(14-12-20)31-24-15-17-28-23-19-26(30-3)25(29-2)18-22(23)24;15-10-7-5-9(6-8-10)13-11-3-1-2-4-12(11)17-14(13)16;6-3(7)5(1-2-5)4(8)9/h11-15,17-19,27H,4-10,16H2,1-3H3;1-8,17H,16H2;1-2H2,(H,6,7)(H,8,9). The molecule has 0 bridgehead atoms. The molecular weight excluding hydrogens is 728 g/mol. The van der Waals surface area contributed by atoms with Gasteiger partial charge in [-0.25, -0.2) is 4.39 Å². The van der Waals surface area contributed by atoms with Crippen molar-refractivity contribution in [2.24, 2.45) is 5.41 Å².